The van der Waals surface area contributed by atoms with Crippen LogP contribution in [-0.4, -0.2) is 26.6 Å². The highest BCUT2D eigenvalue weighted by Crippen LogP contribution is 2.23. The van der Waals surface area contributed by atoms with Gasteiger partial charge in [-0.15, -0.1) is 0 Å². The van der Waals surface area contributed by atoms with E-state index in [2.05, 4.69) is 21.2 Å². The summed E-state index contributed by atoms with van der Waals surface area (Å²) in [6.45, 7) is 1.78. The smallest absolute Gasteiger partial charge is 0.248 e. The Morgan fingerprint density at radius 1 is 1.17 bits per heavy atom. The SMILES string of the molecule is CCC(C(=O)Nc1cccc(Br)c1)N(c1ccccc1)S(C)(=O)=O. The number of carbonyl (C=O) groups is 1. The Morgan fingerprint density at radius 2 is 1.83 bits per heavy atom. The Morgan fingerprint density at radius 3 is 2.38 bits per heavy atom. The van der Waals surface area contributed by atoms with Gasteiger partial charge in [0.2, 0.25) is 15.9 Å². The summed E-state index contributed by atoms with van der Waals surface area (Å²) < 4.78 is 26.6. The van der Waals surface area contributed by atoms with Crippen molar-refractivity contribution < 1.29 is 13.2 Å². The van der Waals surface area contributed by atoms with Crippen LogP contribution in [-0.2, 0) is 14.8 Å². The molecular weight excluding hydrogens is 392 g/mol. The number of nitrogens with zero attached hydrogens (tertiary/aromatic N) is 1. The number of amides is 1. The van der Waals surface area contributed by atoms with Crippen LogP contribution in [0.15, 0.2) is 59.1 Å². The molecule has 7 heteroatoms. The van der Waals surface area contributed by atoms with Gasteiger partial charge in [0.15, 0.2) is 0 Å². The van der Waals surface area contributed by atoms with E-state index in [-0.39, 0.29) is 5.91 Å². The number of sulfonamides is 1. The number of hydrogen-bond acceptors (Lipinski definition) is 3. The lowest BCUT2D eigenvalue weighted by Gasteiger charge is -2.30. The number of rotatable bonds is 6. The van der Waals surface area contributed by atoms with Crippen LogP contribution in [0.5, 0.6) is 0 Å². The molecule has 0 spiro atoms. The van der Waals surface area contributed by atoms with Gasteiger partial charge in [0.25, 0.3) is 0 Å². The number of benzene rings is 2. The Bertz CT molecular complexity index is 810. The van der Waals surface area contributed by atoms with Crippen molar-refractivity contribution in [2.75, 3.05) is 15.9 Å². The molecule has 2 rings (SSSR count). The highest BCUT2D eigenvalue weighted by molar-refractivity contribution is 9.10. The Kier molecular flexibility index (Phi) is 6.01. The molecule has 1 unspecified atom stereocenters. The van der Waals surface area contributed by atoms with Crippen LogP contribution < -0.4 is 9.62 Å². The largest absolute Gasteiger partial charge is 0.324 e. The van der Waals surface area contributed by atoms with Gasteiger partial charge in [0.05, 0.1) is 11.9 Å². The molecule has 0 fully saturated rings. The second-order valence-corrected chi connectivity index (χ2v) is 8.09. The molecule has 0 bridgehead atoms. The first-order valence-corrected chi connectivity index (χ1v) is 10.1. The van der Waals surface area contributed by atoms with E-state index in [0.717, 1.165) is 10.7 Å². The van der Waals surface area contributed by atoms with Crippen molar-refractivity contribution in [3.05, 3.63) is 59.1 Å². The van der Waals surface area contributed by atoms with Gasteiger partial charge >= 0.3 is 0 Å². The Labute approximate surface area is 150 Å². The molecule has 1 atom stereocenters. The topological polar surface area (TPSA) is 66.5 Å². The number of nitrogens with one attached hydrogen (secondary N) is 1. The quantitative estimate of drug-likeness (QED) is 0.790. The van der Waals surface area contributed by atoms with Gasteiger partial charge in [-0.1, -0.05) is 47.1 Å². The van der Waals surface area contributed by atoms with Crippen LogP contribution >= 0.6 is 15.9 Å². The van der Waals surface area contributed by atoms with E-state index in [0.29, 0.717) is 17.8 Å². The molecule has 1 N–H and O–H groups in total. The summed E-state index contributed by atoms with van der Waals surface area (Å²) >= 11 is 3.35. The monoisotopic (exact) mass is 410 g/mol. The third-order valence-electron chi connectivity index (χ3n) is 3.43. The summed E-state index contributed by atoms with van der Waals surface area (Å²) in [7, 11) is -3.61. The first-order chi connectivity index (χ1) is 11.3. The maximum Gasteiger partial charge on any atom is 0.248 e. The molecule has 2 aromatic carbocycles. The second-order valence-electron chi connectivity index (χ2n) is 5.32. The molecule has 0 aliphatic heterocycles. The van der Waals surface area contributed by atoms with Crippen molar-refractivity contribution in [3.8, 4) is 0 Å². The number of para-hydroxylation sites is 1. The Balaban J connectivity index is 2.34. The number of carbonyl (C=O) groups excluding carboxylic acids is 1. The molecule has 1 amide bonds. The van der Waals surface area contributed by atoms with E-state index >= 15 is 0 Å². The predicted octanol–water partition coefficient (Wildman–Crippen LogP) is 3.63. The lowest BCUT2D eigenvalue weighted by atomic mass is 10.2. The van der Waals surface area contributed by atoms with Crippen molar-refractivity contribution >= 4 is 43.2 Å². The van der Waals surface area contributed by atoms with Crippen molar-refractivity contribution in [1.82, 2.24) is 0 Å². The summed E-state index contributed by atoms with van der Waals surface area (Å²) in [5.41, 5.74) is 1.07. The summed E-state index contributed by atoms with van der Waals surface area (Å²) in [6.07, 6.45) is 1.46. The average Bonchev–Trinajstić information content (AvgIpc) is 2.52. The Hall–Kier alpha value is -1.86. The molecule has 24 heavy (non-hydrogen) atoms. The van der Waals surface area contributed by atoms with E-state index < -0.39 is 16.1 Å². The van der Waals surface area contributed by atoms with Crippen LogP contribution in [0.2, 0.25) is 0 Å². The summed E-state index contributed by atoms with van der Waals surface area (Å²) in [5, 5.41) is 2.78. The maximum absolute atomic E-state index is 12.7. The highest BCUT2D eigenvalue weighted by atomic mass is 79.9. The zero-order chi connectivity index (χ0) is 17.7. The van der Waals surface area contributed by atoms with E-state index in [1.165, 1.54) is 4.31 Å². The molecule has 0 radical (unpaired) electrons. The van der Waals surface area contributed by atoms with Crippen LogP contribution in [0.4, 0.5) is 11.4 Å². The van der Waals surface area contributed by atoms with Gasteiger partial charge < -0.3 is 5.32 Å². The summed E-state index contributed by atoms with van der Waals surface area (Å²) in [6, 6.07) is 15.0. The predicted molar refractivity (Wildman–Crippen MR) is 101 cm³/mol. The summed E-state index contributed by atoms with van der Waals surface area (Å²) in [4.78, 5) is 12.7. The zero-order valence-electron chi connectivity index (χ0n) is 13.4. The lowest BCUT2D eigenvalue weighted by molar-refractivity contribution is -0.117. The fourth-order valence-corrected chi connectivity index (χ4v) is 4.04. The van der Waals surface area contributed by atoms with Crippen molar-refractivity contribution in [2.24, 2.45) is 0 Å². The van der Waals surface area contributed by atoms with Crippen molar-refractivity contribution in [2.45, 2.75) is 19.4 Å². The van der Waals surface area contributed by atoms with E-state index in [4.69, 9.17) is 0 Å². The highest BCUT2D eigenvalue weighted by Gasteiger charge is 2.31. The van der Waals surface area contributed by atoms with E-state index in [1.807, 2.05) is 6.07 Å². The third-order valence-corrected chi connectivity index (χ3v) is 5.11. The number of hydrogen-bond donors (Lipinski definition) is 1. The third kappa shape index (κ3) is 4.58. The number of anilines is 2. The van der Waals surface area contributed by atoms with Crippen LogP contribution in [0.25, 0.3) is 0 Å². The second kappa shape index (κ2) is 7.81. The fourth-order valence-electron chi connectivity index (χ4n) is 2.43. The molecule has 2 aromatic rings. The molecule has 128 valence electrons. The lowest BCUT2D eigenvalue weighted by Crippen LogP contribution is -2.46. The minimum atomic E-state index is -3.61. The molecule has 0 heterocycles. The van der Waals surface area contributed by atoms with E-state index in [1.54, 1.807) is 55.5 Å². The van der Waals surface area contributed by atoms with Gasteiger partial charge in [-0.2, -0.15) is 0 Å². The average molecular weight is 411 g/mol. The first-order valence-electron chi connectivity index (χ1n) is 7.44. The minimum absolute atomic E-state index is 0.349. The molecule has 5 nitrogen and oxygen atoms in total. The van der Waals surface area contributed by atoms with Gasteiger partial charge in [-0.3, -0.25) is 9.10 Å². The van der Waals surface area contributed by atoms with Crippen molar-refractivity contribution in [1.29, 1.82) is 0 Å². The standard InChI is InChI=1S/C17H19BrN2O3S/c1-3-16(17(21)19-14-9-7-8-13(18)12-14)20(24(2,22)23)15-10-5-4-6-11-15/h4-12,16H,3H2,1-2H3,(H,19,21). The first kappa shape index (κ1) is 18.5. The van der Waals surface area contributed by atoms with Crippen LogP contribution in [0.3, 0.4) is 0 Å². The summed E-state index contributed by atoms with van der Waals surface area (Å²) in [5.74, 6) is -0.370. The molecule has 0 aliphatic carbocycles. The normalized spacial score (nSPS) is 12.5. The minimum Gasteiger partial charge on any atom is -0.324 e. The van der Waals surface area contributed by atoms with E-state index in [9.17, 15) is 13.2 Å². The van der Waals surface area contributed by atoms with Crippen LogP contribution in [0, 0.1) is 0 Å². The molecule has 0 saturated carbocycles. The molecule has 0 aromatic heterocycles. The maximum atomic E-state index is 12.7. The van der Waals surface area contributed by atoms with Gasteiger partial charge in [-0.05, 0) is 36.8 Å². The molecule has 0 saturated heterocycles. The van der Waals surface area contributed by atoms with Gasteiger partial charge in [-0.25, -0.2) is 8.42 Å². The van der Waals surface area contributed by atoms with Gasteiger partial charge in [0.1, 0.15) is 6.04 Å². The van der Waals surface area contributed by atoms with Crippen LogP contribution in [0.1, 0.15) is 13.3 Å². The zero-order valence-corrected chi connectivity index (χ0v) is 15.8. The fraction of sp³-hybridized carbons (Fsp3) is 0.235. The van der Waals surface area contributed by atoms with Gasteiger partial charge in [0, 0.05) is 10.2 Å². The molecular formula is C17H19BrN2O3S. The number of halogens is 1. The molecule has 0 aliphatic rings. The van der Waals surface area contributed by atoms with Crippen molar-refractivity contribution in [3.63, 3.8) is 0 Å².